The van der Waals surface area contributed by atoms with Gasteiger partial charge in [0, 0.05) is 18.4 Å². The Morgan fingerprint density at radius 1 is 1.19 bits per heavy atom. The molecular weight excluding hydrogens is 514 g/mol. The molecule has 13 heteroatoms. The molecule has 3 N–H and O–H groups in total. The second-order valence-electron chi connectivity index (χ2n) is 9.06. The van der Waals surface area contributed by atoms with Gasteiger partial charge in [-0.15, -0.1) is 11.3 Å². The summed E-state index contributed by atoms with van der Waals surface area (Å²) < 4.78 is 32.9. The highest BCUT2D eigenvalue weighted by molar-refractivity contribution is 7.93. The van der Waals surface area contributed by atoms with Crippen molar-refractivity contribution >= 4 is 33.0 Å². The van der Waals surface area contributed by atoms with Gasteiger partial charge in [0.2, 0.25) is 15.9 Å². The Morgan fingerprint density at radius 3 is 2.78 bits per heavy atom. The first-order chi connectivity index (χ1) is 17.9. The molecular formula is C24H29N7O4S2. The van der Waals surface area contributed by atoms with Gasteiger partial charge in [0.1, 0.15) is 5.69 Å². The summed E-state index contributed by atoms with van der Waals surface area (Å²) in [7, 11) is -3.40. The Morgan fingerprint density at radius 2 is 2.03 bits per heavy atom. The van der Waals surface area contributed by atoms with Gasteiger partial charge >= 0.3 is 0 Å². The molecule has 1 atom stereocenters. The van der Waals surface area contributed by atoms with Crippen molar-refractivity contribution in [3.8, 4) is 16.5 Å². The molecule has 3 aromatic heterocycles. The molecule has 0 bridgehead atoms. The summed E-state index contributed by atoms with van der Waals surface area (Å²) in [5.41, 5.74) is 1.59. The van der Waals surface area contributed by atoms with Crippen molar-refractivity contribution in [1.82, 2.24) is 30.6 Å². The number of rotatable bonds is 13. The molecule has 3 heterocycles. The van der Waals surface area contributed by atoms with Gasteiger partial charge in [0.15, 0.2) is 5.01 Å². The number of nitrogens with zero attached hydrogens (tertiary/aromatic N) is 4. The standard InChI is InChI=1S/C24H29N7O4S2/c1-2-35-22-14-25-12-20(29-22)21-13-28-24(36-21)23(32)30-18(8-10-26-15-3-4-15)19-11-16(7-9-27-19)31-37(33,34)17-5-6-17/h7,9,11-15,17-18,26H,2-6,8,10H2,1H3,(H,27,31)(H,30,32). The monoisotopic (exact) mass is 543 g/mol. The molecule has 3 aromatic rings. The number of pyridine rings is 1. The minimum atomic E-state index is -3.40. The van der Waals surface area contributed by atoms with Gasteiger partial charge < -0.3 is 15.4 Å². The van der Waals surface area contributed by atoms with Gasteiger partial charge in [-0.2, -0.15) is 0 Å². The van der Waals surface area contributed by atoms with Crippen molar-refractivity contribution in [2.75, 3.05) is 17.9 Å². The smallest absolute Gasteiger partial charge is 0.280 e. The van der Waals surface area contributed by atoms with Crippen molar-refractivity contribution in [2.24, 2.45) is 0 Å². The van der Waals surface area contributed by atoms with Crippen LogP contribution in [0.3, 0.4) is 0 Å². The van der Waals surface area contributed by atoms with Crippen LogP contribution in [0.2, 0.25) is 0 Å². The van der Waals surface area contributed by atoms with Crippen LogP contribution in [0.1, 0.15) is 60.6 Å². The number of thiazole rings is 1. The Labute approximate surface area is 219 Å². The zero-order valence-electron chi connectivity index (χ0n) is 20.4. The highest BCUT2D eigenvalue weighted by atomic mass is 32.2. The van der Waals surface area contributed by atoms with Crippen LogP contribution in [0.4, 0.5) is 5.69 Å². The number of nitrogens with one attached hydrogen (secondary N) is 3. The summed E-state index contributed by atoms with van der Waals surface area (Å²) in [6.07, 6.45) is 10.5. The van der Waals surface area contributed by atoms with Crippen molar-refractivity contribution in [1.29, 1.82) is 0 Å². The van der Waals surface area contributed by atoms with Crippen LogP contribution in [0.5, 0.6) is 5.88 Å². The van der Waals surface area contributed by atoms with E-state index < -0.39 is 16.1 Å². The second-order valence-corrected chi connectivity index (χ2v) is 12.1. The molecule has 1 amide bonds. The summed E-state index contributed by atoms with van der Waals surface area (Å²) in [6.45, 7) is 3.04. The molecule has 2 aliphatic carbocycles. The molecule has 0 aromatic carbocycles. The van der Waals surface area contributed by atoms with Gasteiger partial charge in [-0.1, -0.05) is 0 Å². The van der Waals surface area contributed by atoms with Crippen LogP contribution in [-0.4, -0.2) is 58.7 Å². The Bertz CT molecular complexity index is 1360. The first-order valence-corrected chi connectivity index (χ1v) is 14.7. The fourth-order valence-corrected chi connectivity index (χ4v) is 5.90. The summed E-state index contributed by atoms with van der Waals surface area (Å²) in [5, 5.41) is 6.44. The average molecular weight is 544 g/mol. The SMILES string of the molecule is CCOc1cncc(-c2cnc(C(=O)NC(CCNC3CC3)c3cc(NS(=O)(=O)C4CC4)ccn3)s2)n1. The van der Waals surface area contributed by atoms with E-state index in [1.165, 1.54) is 17.5 Å². The molecule has 196 valence electrons. The maximum absolute atomic E-state index is 13.2. The van der Waals surface area contributed by atoms with Crippen LogP contribution >= 0.6 is 11.3 Å². The number of hydrogen-bond acceptors (Lipinski definition) is 10. The van der Waals surface area contributed by atoms with Gasteiger partial charge in [-0.05, 0) is 57.7 Å². The van der Waals surface area contributed by atoms with Crippen LogP contribution in [0.15, 0.2) is 36.9 Å². The zero-order valence-corrected chi connectivity index (χ0v) is 22.0. The van der Waals surface area contributed by atoms with Crippen LogP contribution < -0.4 is 20.1 Å². The maximum atomic E-state index is 13.2. The molecule has 1 unspecified atom stereocenters. The number of anilines is 1. The molecule has 0 aliphatic heterocycles. The largest absolute Gasteiger partial charge is 0.477 e. The molecule has 2 aliphatic rings. The fraction of sp³-hybridized carbons (Fsp3) is 0.458. The molecule has 0 saturated heterocycles. The predicted octanol–water partition coefficient (Wildman–Crippen LogP) is 2.91. The van der Waals surface area contributed by atoms with Crippen molar-refractivity contribution in [3.63, 3.8) is 0 Å². The lowest BCUT2D eigenvalue weighted by Crippen LogP contribution is -2.32. The van der Waals surface area contributed by atoms with E-state index in [1.54, 1.807) is 30.7 Å². The third kappa shape index (κ3) is 6.79. The molecule has 5 rings (SSSR count). The number of aromatic nitrogens is 4. The van der Waals surface area contributed by atoms with Crippen molar-refractivity contribution in [3.05, 3.63) is 47.6 Å². The van der Waals surface area contributed by atoms with E-state index in [2.05, 4.69) is 35.3 Å². The first-order valence-electron chi connectivity index (χ1n) is 12.3. The van der Waals surface area contributed by atoms with Gasteiger partial charge in [-0.3, -0.25) is 19.5 Å². The summed E-state index contributed by atoms with van der Waals surface area (Å²) in [6, 6.07) is 3.40. The normalized spacial score (nSPS) is 16.2. The van der Waals surface area contributed by atoms with Gasteiger partial charge in [0.05, 0.1) is 46.6 Å². The first kappa shape index (κ1) is 25.5. The fourth-order valence-electron chi connectivity index (χ4n) is 3.74. The number of carbonyl (C=O) groups excluding carboxylic acids is 1. The number of carbonyl (C=O) groups is 1. The highest BCUT2D eigenvalue weighted by Crippen LogP contribution is 2.30. The van der Waals surface area contributed by atoms with Crippen LogP contribution in [0.25, 0.3) is 10.6 Å². The molecule has 2 fully saturated rings. The minimum Gasteiger partial charge on any atom is -0.477 e. The Kier molecular flexibility index (Phi) is 7.63. The van der Waals surface area contributed by atoms with Crippen LogP contribution in [0, 0.1) is 0 Å². The molecule has 0 spiro atoms. The predicted molar refractivity (Wildman–Crippen MR) is 140 cm³/mol. The molecule has 11 nitrogen and oxygen atoms in total. The molecule has 2 saturated carbocycles. The van der Waals surface area contributed by atoms with Gasteiger partial charge in [0.25, 0.3) is 5.91 Å². The quantitative estimate of drug-likeness (QED) is 0.296. The maximum Gasteiger partial charge on any atom is 0.280 e. The lowest BCUT2D eigenvalue weighted by Gasteiger charge is -2.19. The third-order valence-corrected chi connectivity index (χ3v) is 8.86. The second kappa shape index (κ2) is 11.1. The average Bonchev–Trinajstić information content (AvgIpc) is 3.82. The van der Waals surface area contributed by atoms with E-state index in [9.17, 15) is 13.2 Å². The molecule has 0 radical (unpaired) electrons. The highest BCUT2D eigenvalue weighted by Gasteiger charge is 2.35. The number of amides is 1. The Balaban J connectivity index is 1.31. The minimum absolute atomic E-state index is 0.282. The zero-order chi connectivity index (χ0) is 25.8. The van der Waals surface area contributed by atoms with Crippen LogP contribution in [-0.2, 0) is 10.0 Å². The lowest BCUT2D eigenvalue weighted by molar-refractivity contribution is 0.0933. The molecule has 37 heavy (non-hydrogen) atoms. The van der Waals surface area contributed by atoms with E-state index >= 15 is 0 Å². The number of hydrogen-bond donors (Lipinski definition) is 3. The summed E-state index contributed by atoms with van der Waals surface area (Å²) in [5.74, 6) is 0.0678. The Hall–Kier alpha value is -3.16. The summed E-state index contributed by atoms with van der Waals surface area (Å²) in [4.78, 5) is 31.2. The lowest BCUT2D eigenvalue weighted by atomic mass is 10.1. The van der Waals surface area contributed by atoms with E-state index in [0.717, 1.165) is 12.8 Å². The topological polar surface area (TPSA) is 148 Å². The third-order valence-electron chi connectivity index (χ3n) is 5.97. The van der Waals surface area contributed by atoms with E-state index in [1.807, 2.05) is 6.92 Å². The summed E-state index contributed by atoms with van der Waals surface area (Å²) >= 11 is 1.21. The van der Waals surface area contributed by atoms with E-state index in [4.69, 9.17) is 4.74 Å². The van der Waals surface area contributed by atoms with E-state index in [-0.39, 0.29) is 16.2 Å². The van der Waals surface area contributed by atoms with Gasteiger partial charge in [-0.25, -0.2) is 18.4 Å². The van der Waals surface area contributed by atoms with Crippen molar-refractivity contribution in [2.45, 2.75) is 56.4 Å². The van der Waals surface area contributed by atoms with Crippen molar-refractivity contribution < 1.29 is 17.9 Å². The number of sulfonamides is 1. The van der Waals surface area contributed by atoms with E-state index in [0.29, 0.717) is 66.3 Å². The number of ether oxygens (including phenoxy) is 1.